The molecule has 0 aliphatic carbocycles. The molecule has 32 heavy (non-hydrogen) atoms. The monoisotopic (exact) mass is 443 g/mol. The molecule has 0 radical (unpaired) electrons. The highest BCUT2D eigenvalue weighted by molar-refractivity contribution is 7.92. The minimum Gasteiger partial charge on any atom is -0.322 e. The van der Waals surface area contributed by atoms with Crippen molar-refractivity contribution >= 4 is 27.4 Å². The fourth-order valence-corrected chi connectivity index (χ4v) is 4.15. The summed E-state index contributed by atoms with van der Waals surface area (Å²) in [5.41, 5.74) is 3.34. The molecule has 0 aliphatic heterocycles. The molecule has 1 heterocycles. The first-order chi connectivity index (χ1) is 15.5. The van der Waals surface area contributed by atoms with Crippen molar-refractivity contribution in [1.29, 1.82) is 0 Å². The lowest BCUT2D eigenvalue weighted by Gasteiger charge is -2.09. The molecular weight excluding hydrogens is 422 g/mol. The van der Waals surface area contributed by atoms with Gasteiger partial charge in [0.15, 0.2) is 0 Å². The molecule has 1 amide bonds. The summed E-state index contributed by atoms with van der Waals surface area (Å²) < 4.78 is 27.4. The highest BCUT2D eigenvalue weighted by Gasteiger charge is 2.15. The molecule has 160 valence electrons. The number of aromatic nitrogens is 1. The van der Waals surface area contributed by atoms with Gasteiger partial charge in [0.25, 0.3) is 15.9 Å². The second kappa shape index (κ2) is 9.45. The fourth-order valence-electron chi connectivity index (χ4n) is 3.15. The predicted octanol–water partition coefficient (Wildman–Crippen LogP) is 4.73. The van der Waals surface area contributed by atoms with Crippen LogP contribution in [-0.2, 0) is 16.4 Å². The molecule has 0 fully saturated rings. The maximum atomic E-state index is 12.6. The van der Waals surface area contributed by atoms with Gasteiger partial charge in [0, 0.05) is 17.4 Å². The van der Waals surface area contributed by atoms with E-state index < -0.39 is 10.0 Å². The summed E-state index contributed by atoms with van der Waals surface area (Å²) in [6.07, 6.45) is 2.30. The maximum Gasteiger partial charge on any atom is 0.263 e. The van der Waals surface area contributed by atoms with Crippen LogP contribution in [0.1, 0.15) is 21.5 Å². The average molecular weight is 444 g/mol. The van der Waals surface area contributed by atoms with Gasteiger partial charge in [0.1, 0.15) is 5.82 Å². The van der Waals surface area contributed by atoms with Gasteiger partial charge in [-0.15, -0.1) is 0 Å². The second-order valence-corrected chi connectivity index (χ2v) is 8.84. The quantitative estimate of drug-likeness (QED) is 0.432. The molecule has 2 N–H and O–H groups in total. The third kappa shape index (κ3) is 5.39. The van der Waals surface area contributed by atoms with Gasteiger partial charge in [-0.2, -0.15) is 0 Å². The first-order valence-electron chi connectivity index (χ1n) is 9.98. The third-order valence-corrected chi connectivity index (χ3v) is 6.16. The Morgan fingerprint density at radius 1 is 0.750 bits per heavy atom. The van der Waals surface area contributed by atoms with E-state index in [-0.39, 0.29) is 16.6 Å². The van der Waals surface area contributed by atoms with Crippen LogP contribution in [0.25, 0.3) is 0 Å². The van der Waals surface area contributed by atoms with Crippen LogP contribution in [-0.4, -0.2) is 19.3 Å². The Bertz CT molecular complexity index is 1290. The van der Waals surface area contributed by atoms with Crippen LogP contribution < -0.4 is 10.0 Å². The Kier molecular flexibility index (Phi) is 6.28. The van der Waals surface area contributed by atoms with Gasteiger partial charge in [-0.05, 0) is 66.1 Å². The Labute approximate surface area is 187 Å². The summed E-state index contributed by atoms with van der Waals surface area (Å²) in [4.78, 5) is 16.6. The van der Waals surface area contributed by atoms with Gasteiger partial charge in [-0.3, -0.25) is 9.52 Å². The van der Waals surface area contributed by atoms with E-state index in [1.54, 1.807) is 42.5 Å². The van der Waals surface area contributed by atoms with Gasteiger partial charge in [-0.25, -0.2) is 13.4 Å². The molecule has 0 aliphatic rings. The molecule has 1 aromatic heterocycles. The van der Waals surface area contributed by atoms with Crippen molar-refractivity contribution in [3.8, 4) is 0 Å². The minimum absolute atomic E-state index is 0.0754. The van der Waals surface area contributed by atoms with Crippen LogP contribution in [0.15, 0.2) is 108 Å². The first kappa shape index (κ1) is 21.3. The zero-order valence-electron chi connectivity index (χ0n) is 17.1. The van der Waals surface area contributed by atoms with Gasteiger partial charge >= 0.3 is 0 Å². The highest BCUT2D eigenvalue weighted by Crippen LogP contribution is 2.18. The number of anilines is 2. The summed E-state index contributed by atoms with van der Waals surface area (Å²) in [5, 5.41) is 2.79. The van der Waals surface area contributed by atoms with Gasteiger partial charge in [-0.1, -0.05) is 48.5 Å². The summed E-state index contributed by atoms with van der Waals surface area (Å²) in [7, 11) is -3.77. The van der Waals surface area contributed by atoms with Crippen LogP contribution in [0.4, 0.5) is 11.5 Å². The molecule has 0 saturated heterocycles. The number of nitrogens with zero attached hydrogens (tertiary/aromatic N) is 1. The van der Waals surface area contributed by atoms with Crippen LogP contribution in [0.3, 0.4) is 0 Å². The highest BCUT2D eigenvalue weighted by atomic mass is 32.2. The number of benzene rings is 3. The molecule has 0 unspecified atom stereocenters. The van der Waals surface area contributed by atoms with Crippen molar-refractivity contribution in [2.75, 3.05) is 10.0 Å². The predicted molar refractivity (Wildman–Crippen MR) is 125 cm³/mol. The smallest absolute Gasteiger partial charge is 0.263 e. The standard InChI is InChI=1S/C25H21N3O3S/c29-25(21-11-9-20(10-12-21)18-19-6-2-1-3-7-19)27-22-13-15-23(16-14-22)32(30,31)28-24-8-4-5-17-26-24/h1-17H,18H2,(H,26,28)(H,27,29). The number of rotatable bonds is 7. The number of amides is 1. The van der Waals surface area contributed by atoms with Crippen LogP contribution >= 0.6 is 0 Å². The van der Waals surface area contributed by atoms with E-state index in [0.717, 1.165) is 12.0 Å². The average Bonchev–Trinajstić information content (AvgIpc) is 2.81. The van der Waals surface area contributed by atoms with Crippen LogP contribution in [0.2, 0.25) is 0 Å². The summed E-state index contributed by atoms with van der Waals surface area (Å²) in [6.45, 7) is 0. The zero-order valence-corrected chi connectivity index (χ0v) is 17.9. The van der Waals surface area contributed by atoms with E-state index >= 15 is 0 Å². The number of hydrogen-bond donors (Lipinski definition) is 2. The Balaban J connectivity index is 1.39. The third-order valence-electron chi connectivity index (χ3n) is 4.79. The van der Waals surface area contributed by atoms with Crippen LogP contribution in [0, 0.1) is 0 Å². The van der Waals surface area contributed by atoms with Gasteiger partial charge in [0.2, 0.25) is 0 Å². The molecule has 6 nitrogen and oxygen atoms in total. The van der Waals surface area contributed by atoms with Gasteiger partial charge < -0.3 is 5.32 Å². The SMILES string of the molecule is O=C(Nc1ccc(S(=O)(=O)Nc2ccccn2)cc1)c1ccc(Cc2ccccc2)cc1. The van der Waals surface area contributed by atoms with E-state index in [9.17, 15) is 13.2 Å². The fraction of sp³-hybridized carbons (Fsp3) is 0.0400. The van der Waals surface area contributed by atoms with E-state index in [1.165, 1.54) is 23.9 Å². The molecule has 0 bridgehead atoms. The molecule has 7 heteroatoms. The molecular formula is C25H21N3O3S. The molecule has 4 aromatic rings. The van der Waals surface area contributed by atoms with Crippen molar-refractivity contribution in [3.05, 3.63) is 120 Å². The van der Waals surface area contributed by atoms with Crippen molar-refractivity contribution in [3.63, 3.8) is 0 Å². The second-order valence-electron chi connectivity index (χ2n) is 7.16. The van der Waals surface area contributed by atoms with E-state index in [2.05, 4.69) is 27.2 Å². The Morgan fingerprint density at radius 3 is 2.06 bits per heavy atom. The topological polar surface area (TPSA) is 88.2 Å². The summed E-state index contributed by atoms with van der Waals surface area (Å²) in [5.74, 6) is -0.0286. The first-order valence-corrected chi connectivity index (χ1v) is 11.5. The lowest BCUT2D eigenvalue weighted by molar-refractivity contribution is 0.102. The van der Waals surface area contributed by atoms with Crippen molar-refractivity contribution in [1.82, 2.24) is 4.98 Å². The maximum absolute atomic E-state index is 12.6. The number of carbonyl (C=O) groups is 1. The summed E-state index contributed by atoms with van der Waals surface area (Å²) >= 11 is 0. The van der Waals surface area contributed by atoms with E-state index in [1.807, 2.05) is 30.3 Å². The number of hydrogen-bond acceptors (Lipinski definition) is 4. The molecule has 4 rings (SSSR count). The normalized spacial score (nSPS) is 11.0. The Morgan fingerprint density at radius 2 is 1.41 bits per heavy atom. The minimum atomic E-state index is -3.77. The zero-order chi connectivity index (χ0) is 22.4. The number of pyridine rings is 1. The lowest BCUT2D eigenvalue weighted by atomic mass is 10.0. The summed E-state index contributed by atoms with van der Waals surface area (Å²) in [6, 6.07) is 28.5. The Hall–Kier alpha value is -3.97. The van der Waals surface area contributed by atoms with E-state index in [4.69, 9.17) is 0 Å². The van der Waals surface area contributed by atoms with Crippen molar-refractivity contribution < 1.29 is 13.2 Å². The largest absolute Gasteiger partial charge is 0.322 e. The number of sulfonamides is 1. The van der Waals surface area contributed by atoms with Crippen molar-refractivity contribution in [2.45, 2.75) is 11.3 Å². The molecule has 3 aromatic carbocycles. The van der Waals surface area contributed by atoms with Crippen molar-refractivity contribution in [2.24, 2.45) is 0 Å². The lowest BCUT2D eigenvalue weighted by Crippen LogP contribution is -2.14. The number of carbonyl (C=O) groups excluding carboxylic acids is 1. The van der Waals surface area contributed by atoms with Crippen LogP contribution in [0.5, 0.6) is 0 Å². The van der Waals surface area contributed by atoms with E-state index in [0.29, 0.717) is 11.3 Å². The molecule has 0 spiro atoms. The molecule has 0 saturated carbocycles. The number of nitrogens with one attached hydrogen (secondary N) is 2. The van der Waals surface area contributed by atoms with Gasteiger partial charge in [0.05, 0.1) is 4.90 Å². The molecule has 0 atom stereocenters.